The molecule has 0 radical (unpaired) electrons. The number of phenolic OH excluding ortho intramolecular Hbond substituents is 1. The van der Waals surface area contributed by atoms with E-state index in [4.69, 9.17) is 11.6 Å². The molecule has 0 aliphatic rings. The van der Waals surface area contributed by atoms with Crippen molar-refractivity contribution < 1.29 is 9.90 Å². The summed E-state index contributed by atoms with van der Waals surface area (Å²) in [7, 11) is 0. The Morgan fingerprint density at radius 1 is 1.26 bits per heavy atom. The topological polar surface area (TPSA) is 49.3 Å². The van der Waals surface area contributed by atoms with Crippen LogP contribution >= 0.6 is 23.4 Å². The second kappa shape index (κ2) is 7.28. The first-order valence-electron chi connectivity index (χ1n) is 7.32. The highest BCUT2D eigenvalue weighted by atomic mass is 35.5. The maximum atomic E-state index is 12.6. The number of benzene rings is 2. The average molecular weight is 350 g/mol. The Morgan fingerprint density at radius 2 is 1.96 bits per heavy atom. The van der Waals surface area contributed by atoms with E-state index in [9.17, 15) is 9.90 Å². The van der Waals surface area contributed by atoms with Gasteiger partial charge in [0.2, 0.25) is 0 Å². The fraction of sp³-hybridized carbons (Fsp3) is 0.278. The van der Waals surface area contributed by atoms with Crippen LogP contribution in [-0.4, -0.2) is 17.3 Å². The molecule has 3 nitrogen and oxygen atoms in total. The minimum absolute atomic E-state index is 0.162. The SMILES string of the molecule is CSc1ccc(Cl)c(C(=O)Nc2cc(C(C)C)c(O)cc2C)c1. The molecule has 0 spiro atoms. The molecule has 1 amide bonds. The molecule has 0 fully saturated rings. The summed E-state index contributed by atoms with van der Waals surface area (Å²) < 4.78 is 0. The first-order valence-corrected chi connectivity index (χ1v) is 8.92. The molecule has 2 N–H and O–H groups in total. The van der Waals surface area contributed by atoms with Crippen molar-refractivity contribution in [2.75, 3.05) is 11.6 Å². The molecule has 0 aliphatic carbocycles. The zero-order valence-electron chi connectivity index (χ0n) is 13.6. The number of hydrogen-bond donors (Lipinski definition) is 2. The van der Waals surface area contributed by atoms with Gasteiger partial charge in [0, 0.05) is 10.6 Å². The van der Waals surface area contributed by atoms with Crippen molar-refractivity contribution in [1.29, 1.82) is 0 Å². The summed E-state index contributed by atoms with van der Waals surface area (Å²) in [5, 5.41) is 13.3. The van der Waals surface area contributed by atoms with E-state index in [1.807, 2.05) is 39.2 Å². The number of halogens is 1. The first-order chi connectivity index (χ1) is 10.8. The zero-order chi connectivity index (χ0) is 17.1. The lowest BCUT2D eigenvalue weighted by atomic mass is 9.99. The van der Waals surface area contributed by atoms with Gasteiger partial charge in [-0.3, -0.25) is 4.79 Å². The standard InChI is InChI=1S/C18H20ClNO2S/c1-10(2)13-9-16(11(3)7-17(13)21)20-18(22)14-8-12(23-4)5-6-15(14)19/h5-10,21H,1-4H3,(H,20,22). The summed E-state index contributed by atoms with van der Waals surface area (Å²) in [6.07, 6.45) is 1.95. The molecular formula is C18H20ClNO2S. The lowest BCUT2D eigenvalue weighted by Gasteiger charge is -2.15. The van der Waals surface area contributed by atoms with E-state index in [1.54, 1.807) is 30.0 Å². The predicted molar refractivity (Wildman–Crippen MR) is 98.1 cm³/mol. The molecule has 0 heterocycles. The van der Waals surface area contributed by atoms with Crippen LogP contribution in [0.5, 0.6) is 5.75 Å². The number of amides is 1. The zero-order valence-corrected chi connectivity index (χ0v) is 15.2. The summed E-state index contributed by atoms with van der Waals surface area (Å²) in [6, 6.07) is 8.88. The van der Waals surface area contributed by atoms with Gasteiger partial charge in [-0.25, -0.2) is 0 Å². The summed E-state index contributed by atoms with van der Waals surface area (Å²) in [5.74, 6) is 0.155. The second-order valence-corrected chi connectivity index (χ2v) is 6.97. The number of carbonyl (C=O) groups excluding carboxylic acids is 1. The van der Waals surface area contributed by atoms with E-state index in [-0.39, 0.29) is 17.6 Å². The molecule has 5 heteroatoms. The van der Waals surface area contributed by atoms with Gasteiger partial charge < -0.3 is 10.4 Å². The fourth-order valence-corrected chi connectivity index (χ4v) is 2.94. The lowest BCUT2D eigenvalue weighted by molar-refractivity contribution is 0.102. The molecule has 0 aromatic heterocycles. The average Bonchev–Trinajstić information content (AvgIpc) is 2.50. The van der Waals surface area contributed by atoms with E-state index in [0.717, 1.165) is 16.0 Å². The van der Waals surface area contributed by atoms with Crippen LogP contribution in [0.3, 0.4) is 0 Å². The molecule has 2 rings (SSSR count). The lowest BCUT2D eigenvalue weighted by Crippen LogP contribution is -2.14. The predicted octanol–water partition coefficient (Wildman–Crippen LogP) is 5.45. The van der Waals surface area contributed by atoms with E-state index in [1.165, 1.54) is 0 Å². The highest BCUT2D eigenvalue weighted by Gasteiger charge is 2.15. The quantitative estimate of drug-likeness (QED) is 0.569. The molecule has 0 aliphatic heterocycles. The highest BCUT2D eigenvalue weighted by molar-refractivity contribution is 7.98. The number of carbonyl (C=O) groups is 1. The smallest absolute Gasteiger partial charge is 0.257 e. The number of aryl methyl sites for hydroxylation is 1. The largest absolute Gasteiger partial charge is 0.508 e. The van der Waals surface area contributed by atoms with E-state index >= 15 is 0 Å². The summed E-state index contributed by atoms with van der Waals surface area (Å²) in [5.41, 5.74) is 2.73. The van der Waals surface area contributed by atoms with Crippen LogP contribution in [0.25, 0.3) is 0 Å². The Bertz CT molecular complexity index is 744. The van der Waals surface area contributed by atoms with E-state index < -0.39 is 0 Å². The minimum Gasteiger partial charge on any atom is -0.508 e. The van der Waals surface area contributed by atoms with Crippen molar-refractivity contribution >= 4 is 35.0 Å². The Morgan fingerprint density at radius 3 is 2.57 bits per heavy atom. The van der Waals surface area contributed by atoms with Crippen molar-refractivity contribution in [3.8, 4) is 5.75 Å². The number of thioether (sulfide) groups is 1. The third kappa shape index (κ3) is 4.01. The summed E-state index contributed by atoms with van der Waals surface area (Å²) >= 11 is 7.71. The van der Waals surface area contributed by atoms with Crippen LogP contribution in [0.1, 0.15) is 41.3 Å². The normalized spacial score (nSPS) is 10.9. The van der Waals surface area contributed by atoms with Crippen molar-refractivity contribution in [3.63, 3.8) is 0 Å². The number of rotatable bonds is 4. The molecular weight excluding hydrogens is 330 g/mol. The Kier molecular flexibility index (Phi) is 5.60. The van der Waals surface area contributed by atoms with Crippen molar-refractivity contribution in [3.05, 3.63) is 52.0 Å². The number of anilines is 1. The van der Waals surface area contributed by atoms with Crippen molar-refractivity contribution in [2.24, 2.45) is 0 Å². The van der Waals surface area contributed by atoms with Gasteiger partial charge in [0.1, 0.15) is 5.75 Å². The number of hydrogen-bond acceptors (Lipinski definition) is 3. The van der Waals surface area contributed by atoms with Gasteiger partial charge >= 0.3 is 0 Å². The van der Waals surface area contributed by atoms with Crippen LogP contribution < -0.4 is 5.32 Å². The Labute approximate surface area is 146 Å². The van der Waals surface area contributed by atoms with Gasteiger partial charge in [0.05, 0.1) is 10.6 Å². The monoisotopic (exact) mass is 349 g/mol. The Balaban J connectivity index is 2.35. The van der Waals surface area contributed by atoms with Gasteiger partial charge in [0.25, 0.3) is 5.91 Å². The van der Waals surface area contributed by atoms with Crippen LogP contribution in [0.4, 0.5) is 5.69 Å². The molecule has 0 saturated heterocycles. The molecule has 0 saturated carbocycles. The molecule has 0 unspecified atom stereocenters. The van der Waals surface area contributed by atoms with Crippen molar-refractivity contribution in [2.45, 2.75) is 31.6 Å². The molecule has 2 aromatic rings. The summed E-state index contributed by atoms with van der Waals surface area (Å²) in [6.45, 7) is 5.84. The Hall–Kier alpha value is -1.65. The van der Waals surface area contributed by atoms with Crippen LogP contribution in [0.2, 0.25) is 5.02 Å². The number of phenols is 1. The van der Waals surface area contributed by atoms with Crippen molar-refractivity contribution in [1.82, 2.24) is 0 Å². The van der Waals surface area contributed by atoms with Crippen LogP contribution in [0, 0.1) is 6.92 Å². The third-order valence-corrected chi connectivity index (χ3v) is 4.72. The van der Waals surface area contributed by atoms with Gasteiger partial charge in [-0.2, -0.15) is 0 Å². The van der Waals surface area contributed by atoms with Gasteiger partial charge in [-0.05, 0) is 60.6 Å². The van der Waals surface area contributed by atoms with Crippen LogP contribution in [0.15, 0.2) is 35.2 Å². The van der Waals surface area contributed by atoms with Gasteiger partial charge in [-0.1, -0.05) is 25.4 Å². The first kappa shape index (κ1) is 17.7. The minimum atomic E-state index is -0.255. The molecule has 23 heavy (non-hydrogen) atoms. The second-order valence-electron chi connectivity index (χ2n) is 5.68. The number of nitrogens with one attached hydrogen (secondary N) is 1. The molecule has 0 atom stereocenters. The molecule has 122 valence electrons. The number of aromatic hydroxyl groups is 1. The van der Waals surface area contributed by atoms with E-state index in [2.05, 4.69) is 5.32 Å². The van der Waals surface area contributed by atoms with Gasteiger partial charge in [0.15, 0.2) is 0 Å². The fourth-order valence-electron chi connectivity index (χ4n) is 2.30. The molecule has 0 bridgehead atoms. The van der Waals surface area contributed by atoms with Gasteiger partial charge in [-0.15, -0.1) is 11.8 Å². The maximum absolute atomic E-state index is 12.6. The van der Waals surface area contributed by atoms with Crippen LogP contribution in [-0.2, 0) is 0 Å². The summed E-state index contributed by atoms with van der Waals surface area (Å²) in [4.78, 5) is 13.5. The van der Waals surface area contributed by atoms with E-state index in [0.29, 0.717) is 16.3 Å². The third-order valence-electron chi connectivity index (χ3n) is 3.66. The maximum Gasteiger partial charge on any atom is 0.257 e. The molecule has 2 aromatic carbocycles. The highest BCUT2D eigenvalue weighted by Crippen LogP contribution is 2.32.